The van der Waals surface area contributed by atoms with Gasteiger partial charge in [-0.05, 0) is 110 Å². The van der Waals surface area contributed by atoms with Crippen LogP contribution in [0.15, 0.2) is 60.7 Å². The van der Waals surface area contributed by atoms with Gasteiger partial charge in [-0.2, -0.15) is 5.26 Å². The molecule has 3 atom stereocenters. The van der Waals surface area contributed by atoms with Crippen LogP contribution in [-0.2, 0) is 19.1 Å². The number of nitrogens with one attached hydrogen (secondary N) is 4. The molecule has 322 valence electrons. The second-order valence-electron chi connectivity index (χ2n) is 17.0. The number of piperidine rings is 1. The first-order valence-corrected chi connectivity index (χ1v) is 20.9. The van der Waals surface area contributed by atoms with Crippen molar-refractivity contribution in [1.29, 1.82) is 10.7 Å². The molecule has 0 spiro atoms. The van der Waals surface area contributed by atoms with Crippen LogP contribution in [0.2, 0.25) is 0 Å². The topological polar surface area (TPSA) is 216 Å². The lowest BCUT2D eigenvalue weighted by Crippen LogP contribution is -2.58. The van der Waals surface area contributed by atoms with Crippen LogP contribution < -0.4 is 31.3 Å². The number of methoxy groups -OCH3 is 1. The Kier molecular flexibility index (Phi) is 14.1. The van der Waals surface area contributed by atoms with E-state index in [1.54, 1.807) is 35.2 Å². The lowest BCUT2D eigenvalue weighted by Gasteiger charge is -2.36. The van der Waals surface area contributed by atoms with Gasteiger partial charge in [0.2, 0.25) is 17.7 Å². The van der Waals surface area contributed by atoms with Crippen LogP contribution in [0.3, 0.4) is 0 Å². The van der Waals surface area contributed by atoms with Gasteiger partial charge in [0.25, 0.3) is 5.91 Å². The zero-order chi connectivity index (χ0) is 43.8. The molecule has 2 aromatic carbocycles. The van der Waals surface area contributed by atoms with E-state index in [2.05, 4.69) is 31.9 Å². The van der Waals surface area contributed by atoms with E-state index in [9.17, 15) is 24.4 Å². The molecular formula is C46H57N9O6. The third-order valence-corrected chi connectivity index (χ3v) is 11.5. The number of hydrogen-bond acceptors (Lipinski definition) is 11. The highest BCUT2D eigenvalue weighted by Gasteiger charge is 2.42. The predicted molar refractivity (Wildman–Crippen MR) is 233 cm³/mol. The number of rotatable bonds is 15. The molecular weight excluding hydrogens is 775 g/mol. The van der Waals surface area contributed by atoms with Crippen molar-refractivity contribution < 1.29 is 28.7 Å². The number of ether oxygens (including phenoxy) is 2. The monoisotopic (exact) mass is 831 g/mol. The lowest BCUT2D eigenvalue weighted by molar-refractivity contribution is -0.145. The van der Waals surface area contributed by atoms with E-state index in [-0.39, 0.29) is 42.0 Å². The van der Waals surface area contributed by atoms with Crippen molar-refractivity contribution in [3.05, 3.63) is 88.8 Å². The summed E-state index contributed by atoms with van der Waals surface area (Å²) in [7, 11) is 1.53. The number of anilines is 2. The maximum absolute atomic E-state index is 14.1. The molecule has 1 saturated carbocycles. The van der Waals surface area contributed by atoms with Gasteiger partial charge >= 0.3 is 0 Å². The van der Waals surface area contributed by atoms with Gasteiger partial charge in [0.15, 0.2) is 0 Å². The van der Waals surface area contributed by atoms with E-state index in [0.717, 1.165) is 35.9 Å². The summed E-state index contributed by atoms with van der Waals surface area (Å²) in [5, 5.41) is 25.6. The minimum atomic E-state index is -0.866. The fourth-order valence-corrected chi connectivity index (χ4v) is 8.03. The molecule has 3 fully saturated rings. The van der Waals surface area contributed by atoms with Crippen molar-refractivity contribution in [2.75, 3.05) is 43.6 Å². The van der Waals surface area contributed by atoms with Gasteiger partial charge in [0.05, 0.1) is 48.0 Å². The Labute approximate surface area is 357 Å². The first-order valence-electron chi connectivity index (χ1n) is 20.9. The van der Waals surface area contributed by atoms with E-state index >= 15 is 0 Å². The Morgan fingerprint density at radius 1 is 1.00 bits per heavy atom. The summed E-state index contributed by atoms with van der Waals surface area (Å²) < 4.78 is 11.7. The van der Waals surface area contributed by atoms with Crippen molar-refractivity contribution in [2.24, 2.45) is 11.1 Å². The molecule has 61 heavy (non-hydrogen) atoms. The molecule has 0 bridgehead atoms. The maximum atomic E-state index is 14.1. The first kappa shape index (κ1) is 44.3. The van der Waals surface area contributed by atoms with Crippen molar-refractivity contribution in [2.45, 2.75) is 96.4 Å². The van der Waals surface area contributed by atoms with Crippen LogP contribution in [0.1, 0.15) is 111 Å². The zero-order valence-electron chi connectivity index (χ0n) is 35.6. The number of nitrogens with two attached hydrogens (primary N) is 1. The third-order valence-electron chi connectivity index (χ3n) is 11.5. The molecule has 2 aliphatic heterocycles. The summed E-state index contributed by atoms with van der Waals surface area (Å²) in [6.07, 6.45) is 6.96. The highest BCUT2D eigenvalue weighted by molar-refractivity contribution is 6.04. The number of pyridine rings is 1. The molecule has 6 N–H and O–H groups in total. The Bertz CT molecular complexity index is 2200. The van der Waals surface area contributed by atoms with Crippen LogP contribution in [0, 0.1) is 22.2 Å². The van der Waals surface area contributed by atoms with Gasteiger partial charge in [-0.25, -0.2) is 4.98 Å². The number of hydrogen-bond donors (Lipinski definition) is 5. The normalized spacial score (nSPS) is 18.1. The summed E-state index contributed by atoms with van der Waals surface area (Å²) in [4.78, 5) is 62.4. The second-order valence-corrected chi connectivity index (χ2v) is 17.0. The Hall–Kier alpha value is -6.27. The molecule has 15 nitrogen and oxygen atoms in total. The van der Waals surface area contributed by atoms with Gasteiger partial charge in [0.1, 0.15) is 30.1 Å². The van der Waals surface area contributed by atoms with E-state index in [0.29, 0.717) is 73.9 Å². The standard InChI is InChI=1S/C46H57N9O6/c1-28(33-15-11-29(26-48)24-34(33)30-12-13-30)50-44(58)39-10-7-21-55(39)45(59)42(46(2,3)4)53-41(56)27-61-32-18-22-54(23-19-32)31-14-16-37(40(25-31)60-5)52-43(57)38-9-6-8-36(51-38)35(49)17-20-47/h6,8-9,11,14-17,20,24-25,28,30,32,39,42,47H,7,10,12-13,18-19,21-23,27,49H2,1-5H3,(H,50,58)(H,52,57)(H,53,56)/b35-17-,47-20?/t28-,39+,42-/m1/s1. The molecule has 1 aliphatic carbocycles. The molecule has 3 aromatic rings. The number of benzene rings is 2. The summed E-state index contributed by atoms with van der Waals surface area (Å²) in [5.41, 5.74) is 10.2. The number of carbonyl (C=O) groups excluding carboxylic acids is 4. The summed E-state index contributed by atoms with van der Waals surface area (Å²) in [5.74, 6) is -0.475. The Balaban J connectivity index is 0.997. The van der Waals surface area contributed by atoms with Crippen molar-refractivity contribution in [3.63, 3.8) is 0 Å². The average Bonchev–Trinajstić information content (AvgIpc) is 3.99. The number of nitriles is 1. The number of carbonyl (C=O) groups is 4. The fraction of sp³-hybridized carbons (Fsp3) is 0.457. The molecule has 6 rings (SSSR count). The number of aromatic nitrogens is 1. The minimum absolute atomic E-state index is 0.162. The van der Waals surface area contributed by atoms with Gasteiger partial charge in [-0.3, -0.25) is 19.2 Å². The third kappa shape index (κ3) is 10.9. The molecule has 0 unspecified atom stereocenters. The van der Waals surface area contributed by atoms with E-state index in [4.69, 9.17) is 20.6 Å². The van der Waals surface area contributed by atoms with E-state index in [1.165, 1.54) is 13.2 Å². The van der Waals surface area contributed by atoms with E-state index < -0.39 is 29.3 Å². The zero-order valence-corrected chi connectivity index (χ0v) is 35.6. The van der Waals surface area contributed by atoms with Crippen molar-refractivity contribution >= 4 is 46.9 Å². The highest BCUT2D eigenvalue weighted by atomic mass is 16.5. The van der Waals surface area contributed by atoms with Gasteiger partial charge in [-0.1, -0.05) is 32.9 Å². The molecule has 1 aromatic heterocycles. The van der Waals surface area contributed by atoms with Gasteiger partial charge in [-0.15, -0.1) is 0 Å². The number of likely N-dealkylation sites (tertiary alicyclic amines) is 1. The number of nitrogens with zero attached hydrogens (tertiary/aromatic N) is 4. The van der Waals surface area contributed by atoms with Crippen LogP contribution >= 0.6 is 0 Å². The molecule has 4 amide bonds. The summed E-state index contributed by atoms with van der Waals surface area (Å²) in [6.45, 7) is 9.16. The largest absolute Gasteiger partial charge is 0.494 e. The van der Waals surface area contributed by atoms with Crippen LogP contribution in [0.4, 0.5) is 11.4 Å². The number of allylic oxidation sites excluding steroid dienone is 1. The molecule has 0 radical (unpaired) electrons. The first-order chi connectivity index (χ1) is 29.2. The minimum Gasteiger partial charge on any atom is -0.494 e. The Morgan fingerprint density at radius 3 is 2.41 bits per heavy atom. The number of amides is 4. The van der Waals surface area contributed by atoms with Crippen LogP contribution in [-0.4, -0.2) is 91.3 Å². The van der Waals surface area contributed by atoms with Gasteiger partial charge < -0.3 is 46.4 Å². The molecule has 15 heteroatoms. The van der Waals surface area contributed by atoms with Crippen molar-refractivity contribution in [3.8, 4) is 11.8 Å². The quantitative estimate of drug-likeness (QED) is 0.123. The highest BCUT2D eigenvalue weighted by Crippen LogP contribution is 2.43. The van der Waals surface area contributed by atoms with Gasteiger partial charge in [0, 0.05) is 37.6 Å². The SMILES string of the molecule is COc1cc(N2CCC(OCC(=O)N[C@H](C(=O)N3CCC[C@H]3C(=O)N[C@H](C)c3ccc(C#N)cc3C3CC3)C(C)(C)C)CC2)ccc1NC(=O)c1cccc(/C(N)=C/C=N)n1. The molecule has 3 aliphatic rings. The lowest BCUT2D eigenvalue weighted by atomic mass is 9.85. The van der Waals surface area contributed by atoms with Crippen LogP contribution in [0.25, 0.3) is 5.70 Å². The molecule has 3 heterocycles. The smallest absolute Gasteiger partial charge is 0.274 e. The van der Waals surface area contributed by atoms with Crippen LogP contribution in [0.5, 0.6) is 5.75 Å². The van der Waals surface area contributed by atoms with Crippen molar-refractivity contribution in [1.82, 2.24) is 20.5 Å². The predicted octanol–water partition coefficient (Wildman–Crippen LogP) is 5.43. The summed E-state index contributed by atoms with van der Waals surface area (Å²) in [6, 6.07) is 16.5. The second kappa shape index (κ2) is 19.4. The maximum Gasteiger partial charge on any atom is 0.274 e. The fourth-order valence-electron chi connectivity index (χ4n) is 8.03. The Morgan fingerprint density at radius 2 is 1.74 bits per heavy atom. The average molecular weight is 832 g/mol. The summed E-state index contributed by atoms with van der Waals surface area (Å²) >= 11 is 0. The molecule has 2 saturated heterocycles. The van der Waals surface area contributed by atoms with E-state index in [1.807, 2.05) is 52.0 Å².